The van der Waals surface area contributed by atoms with Gasteiger partial charge in [-0.25, -0.2) is 4.98 Å². The van der Waals surface area contributed by atoms with E-state index in [9.17, 15) is 0 Å². The van der Waals surface area contributed by atoms with Crippen molar-refractivity contribution in [3.63, 3.8) is 0 Å². The fourth-order valence-electron chi connectivity index (χ4n) is 0.677. The second-order valence-electron chi connectivity index (χ2n) is 1.80. The standard InChI is InChI=1S/C6H10N2.Ni/c1-2-4-8-5-3-7-6-8;/h3,5-6H,2,4H2,1H3;. The second kappa shape index (κ2) is 4.57. The topological polar surface area (TPSA) is 17.8 Å². The Hall–Kier alpha value is -0.296. The first-order valence-corrected chi connectivity index (χ1v) is 2.89. The zero-order valence-corrected chi connectivity index (χ0v) is 6.34. The number of aryl methyl sites for hydroxylation is 1. The van der Waals surface area contributed by atoms with Crippen molar-refractivity contribution in [2.24, 2.45) is 0 Å². The zero-order chi connectivity index (χ0) is 5.82. The Morgan fingerprint density at radius 3 is 2.78 bits per heavy atom. The first kappa shape index (κ1) is 8.70. The van der Waals surface area contributed by atoms with Gasteiger partial charge in [0.1, 0.15) is 0 Å². The van der Waals surface area contributed by atoms with Crippen molar-refractivity contribution in [2.45, 2.75) is 19.9 Å². The van der Waals surface area contributed by atoms with Crippen LogP contribution in [0.4, 0.5) is 0 Å². The molecule has 0 aromatic carbocycles. The fourth-order valence-corrected chi connectivity index (χ4v) is 0.677. The van der Waals surface area contributed by atoms with Gasteiger partial charge in [0.05, 0.1) is 6.33 Å². The van der Waals surface area contributed by atoms with E-state index in [4.69, 9.17) is 0 Å². The van der Waals surface area contributed by atoms with E-state index in [0.717, 1.165) is 6.54 Å². The van der Waals surface area contributed by atoms with Crippen LogP contribution >= 0.6 is 0 Å². The molecule has 1 rings (SSSR count). The number of rotatable bonds is 2. The van der Waals surface area contributed by atoms with Crippen molar-refractivity contribution < 1.29 is 16.5 Å². The summed E-state index contributed by atoms with van der Waals surface area (Å²) >= 11 is 0. The first-order valence-electron chi connectivity index (χ1n) is 2.89. The van der Waals surface area contributed by atoms with E-state index in [1.54, 1.807) is 6.20 Å². The molecule has 2 nitrogen and oxygen atoms in total. The minimum Gasteiger partial charge on any atom is -0.338 e. The molecule has 3 heteroatoms. The van der Waals surface area contributed by atoms with Crippen LogP contribution in [0.15, 0.2) is 18.7 Å². The van der Waals surface area contributed by atoms with Gasteiger partial charge in [-0.15, -0.1) is 0 Å². The second-order valence-corrected chi connectivity index (χ2v) is 1.80. The molecular formula is C6H10N2Ni. The molecule has 0 bridgehead atoms. The van der Waals surface area contributed by atoms with E-state index < -0.39 is 0 Å². The van der Waals surface area contributed by atoms with E-state index in [-0.39, 0.29) is 16.5 Å². The Morgan fingerprint density at radius 1 is 1.56 bits per heavy atom. The summed E-state index contributed by atoms with van der Waals surface area (Å²) < 4.78 is 2.07. The van der Waals surface area contributed by atoms with Crippen molar-refractivity contribution in [1.82, 2.24) is 9.55 Å². The van der Waals surface area contributed by atoms with Crippen LogP contribution in [0.5, 0.6) is 0 Å². The largest absolute Gasteiger partial charge is 0.338 e. The predicted octanol–water partition coefficient (Wildman–Crippen LogP) is 1.29. The number of hydrogen-bond donors (Lipinski definition) is 0. The van der Waals surface area contributed by atoms with E-state index in [2.05, 4.69) is 16.5 Å². The maximum absolute atomic E-state index is 3.90. The molecule has 1 aromatic heterocycles. The van der Waals surface area contributed by atoms with Gasteiger partial charge in [-0.1, -0.05) is 6.92 Å². The van der Waals surface area contributed by atoms with Gasteiger partial charge < -0.3 is 4.57 Å². The molecule has 0 saturated carbocycles. The molecule has 0 aliphatic rings. The molecule has 0 aliphatic carbocycles. The predicted molar refractivity (Wildman–Crippen MR) is 32.5 cm³/mol. The molecule has 0 spiro atoms. The summed E-state index contributed by atoms with van der Waals surface area (Å²) in [5, 5.41) is 0. The van der Waals surface area contributed by atoms with Crippen LogP contribution in [0.2, 0.25) is 0 Å². The van der Waals surface area contributed by atoms with Crippen LogP contribution in [0.25, 0.3) is 0 Å². The molecule has 54 valence electrons. The van der Waals surface area contributed by atoms with Gasteiger partial charge in [0.15, 0.2) is 0 Å². The molecule has 1 heterocycles. The van der Waals surface area contributed by atoms with Gasteiger partial charge >= 0.3 is 0 Å². The van der Waals surface area contributed by atoms with Gasteiger partial charge in [0, 0.05) is 35.4 Å². The van der Waals surface area contributed by atoms with Crippen LogP contribution in [0.3, 0.4) is 0 Å². The van der Waals surface area contributed by atoms with Crippen LogP contribution in [-0.2, 0) is 23.0 Å². The number of imidazole rings is 1. The molecule has 9 heavy (non-hydrogen) atoms. The summed E-state index contributed by atoms with van der Waals surface area (Å²) in [6, 6.07) is 0. The van der Waals surface area contributed by atoms with Crippen molar-refractivity contribution in [3.05, 3.63) is 18.7 Å². The molecule has 1 aromatic rings. The van der Waals surface area contributed by atoms with Gasteiger partial charge in [-0.2, -0.15) is 0 Å². The van der Waals surface area contributed by atoms with E-state index in [0.29, 0.717) is 0 Å². The number of nitrogens with zero attached hydrogens (tertiary/aromatic N) is 2. The van der Waals surface area contributed by atoms with Crippen LogP contribution in [-0.4, -0.2) is 9.55 Å². The molecule has 0 N–H and O–H groups in total. The van der Waals surface area contributed by atoms with E-state index >= 15 is 0 Å². The number of aromatic nitrogens is 2. The SMILES string of the molecule is CCCn1ccnc1.[Ni]. The average Bonchev–Trinajstić information content (AvgIpc) is 2.19. The molecule has 0 aliphatic heterocycles. The minimum atomic E-state index is 0. The number of hydrogen-bond acceptors (Lipinski definition) is 1. The Bertz CT molecular complexity index is 137. The fraction of sp³-hybridized carbons (Fsp3) is 0.500. The summed E-state index contributed by atoms with van der Waals surface area (Å²) in [7, 11) is 0. The van der Waals surface area contributed by atoms with Crippen molar-refractivity contribution >= 4 is 0 Å². The summed E-state index contributed by atoms with van der Waals surface area (Å²) in [5.41, 5.74) is 0. The average molecular weight is 169 g/mol. The van der Waals surface area contributed by atoms with Crippen molar-refractivity contribution in [2.75, 3.05) is 0 Å². The van der Waals surface area contributed by atoms with Crippen LogP contribution in [0.1, 0.15) is 13.3 Å². The molecular weight excluding hydrogens is 159 g/mol. The third-order valence-corrected chi connectivity index (χ3v) is 1.04. The van der Waals surface area contributed by atoms with Gasteiger partial charge in [0.2, 0.25) is 0 Å². The van der Waals surface area contributed by atoms with E-state index in [1.807, 2.05) is 12.5 Å². The Balaban J connectivity index is 0.000000640. The van der Waals surface area contributed by atoms with Crippen LogP contribution < -0.4 is 0 Å². The van der Waals surface area contributed by atoms with Gasteiger partial charge in [0.25, 0.3) is 0 Å². The quantitative estimate of drug-likeness (QED) is 0.609. The Morgan fingerprint density at radius 2 is 2.33 bits per heavy atom. The third kappa shape index (κ3) is 2.66. The first-order chi connectivity index (χ1) is 3.93. The summed E-state index contributed by atoms with van der Waals surface area (Å²) in [6.07, 6.45) is 6.79. The minimum absolute atomic E-state index is 0. The summed E-state index contributed by atoms with van der Waals surface area (Å²) in [6.45, 7) is 3.24. The van der Waals surface area contributed by atoms with E-state index in [1.165, 1.54) is 6.42 Å². The Labute approximate surface area is 65.2 Å². The molecule has 0 atom stereocenters. The Kier molecular flexibility index (Phi) is 4.42. The smallest absolute Gasteiger partial charge is 0.0945 e. The third-order valence-electron chi connectivity index (χ3n) is 1.04. The molecule has 0 radical (unpaired) electrons. The zero-order valence-electron chi connectivity index (χ0n) is 5.36. The van der Waals surface area contributed by atoms with Crippen molar-refractivity contribution in [3.8, 4) is 0 Å². The van der Waals surface area contributed by atoms with Gasteiger partial charge in [-0.3, -0.25) is 0 Å². The normalized spacial score (nSPS) is 8.56. The summed E-state index contributed by atoms with van der Waals surface area (Å²) in [5.74, 6) is 0. The molecule has 0 amide bonds. The maximum atomic E-state index is 3.90. The summed E-state index contributed by atoms with van der Waals surface area (Å²) in [4.78, 5) is 3.90. The monoisotopic (exact) mass is 168 g/mol. The maximum Gasteiger partial charge on any atom is 0.0945 e. The molecule has 0 saturated heterocycles. The molecule has 0 fully saturated rings. The molecule has 0 unspecified atom stereocenters. The van der Waals surface area contributed by atoms with Crippen LogP contribution in [0, 0.1) is 0 Å². The van der Waals surface area contributed by atoms with Crippen molar-refractivity contribution in [1.29, 1.82) is 0 Å². The van der Waals surface area contributed by atoms with Gasteiger partial charge in [-0.05, 0) is 6.42 Å².